The van der Waals surface area contributed by atoms with Gasteiger partial charge in [-0.25, -0.2) is 4.98 Å². The maximum atomic E-state index is 6.01. The van der Waals surface area contributed by atoms with Gasteiger partial charge in [-0.3, -0.25) is 0 Å². The summed E-state index contributed by atoms with van der Waals surface area (Å²) >= 11 is 6.01. The number of anilines is 1. The predicted molar refractivity (Wildman–Crippen MR) is 103 cm³/mol. The van der Waals surface area contributed by atoms with Gasteiger partial charge in [-0.05, 0) is 36.2 Å². The van der Waals surface area contributed by atoms with E-state index in [9.17, 15) is 0 Å². The molecule has 1 aromatic carbocycles. The minimum Gasteiger partial charge on any atom is -1.00 e. The highest BCUT2D eigenvalue weighted by Crippen LogP contribution is 2.17. The summed E-state index contributed by atoms with van der Waals surface area (Å²) in [6, 6.07) is 14.2. The number of pyridine rings is 1. The van der Waals surface area contributed by atoms with Crippen LogP contribution in [0.15, 0.2) is 48.7 Å². The van der Waals surface area contributed by atoms with E-state index < -0.39 is 0 Å². The van der Waals surface area contributed by atoms with Crippen LogP contribution in [0.5, 0.6) is 0 Å². The Morgan fingerprint density at radius 1 is 1.04 bits per heavy atom. The zero-order valence-electron chi connectivity index (χ0n) is 15.5. The molecule has 0 aliphatic heterocycles. The number of hydrogen-bond acceptors (Lipinski definition) is 2. The molecule has 138 valence electrons. The van der Waals surface area contributed by atoms with Crippen molar-refractivity contribution in [3.05, 3.63) is 59.2 Å². The Bertz CT molecular complexity index is 602. The topological polar surface area (TPSA) is 16.1 Å². The molecule has 1 aromatic heterocycles. The summed E-state index contributed by atoms with van der Waals surface area (Å²) in [5, 5.41) is 0.778. The second-order valence-electron chi connectivity index (χ2n) is 6.97. The lowest BCUT2D eigenvalue weighted by Gasteiger charge is -2.33. The highest BCUT2D eigenvalue weighted by atomic mass is 79.9. The monoisotopic (exact) mass is 425 g/mol. The molecule has 0 aliphatic rings. The molecule has 0 saturated heterocycles. The van der Waals surface area contributed by atoms with Crippen LogP contribution in [0.25, 0.3) is 0 Å². The van der Waals surface area contributed by atoms with Crippen molar-refractivity contribution in [1.29, 1.82) is 0 Å². The number of likely N-dealkylation sites (N-methyl/N-ethyl adjacent to an activating group) is 1. The third kappa shape index (κ3) is 7.76. The lowest BCUT2D eigenvalue weighted by atomic mass is 10.2. The molecule has 5 heteroatoms. The Balaban J connectivity index is 0.00000312. The maximum absolute atomic E-state index is 6.01. The van der Waals surface area contributed by atoms with Crippen LogP contribution >= 0.6 is 11.6 Å². The second-order valence-corrected chi connectivity index (χ2v) is 7.41. The zero-order chi connectivity index (χ0) is 17.4. The first-order valence-electron chi connectivity index (χ1n) is 8.72. The normalized spacial score (nSPS) is 11.0. The van der Waals surface area contributed by atoms with Gasteiger partial charge >= 0.3 is 0 Å². The van der Waals surface area contributed by atoms with Gasteiger partial charge in [-0.2, -0.15) is 0 Å². The van der Waals surface area contributed by atoms with Crippen LogP contribution in [0, 0.1) is 0 Å². The van der Waals surface area contributed by atoms with E-state index >= 15 is 0 Å². The number of unbranched alkanes of at least 4 members (excludes halogenated alkanes) is 1. The van der Waals surface area contributed by atoms with Gasteiger partial charge < -0.3 is 26.4 Å². The maximum Gasteiger partial charge on any atom is 0.128 e. The van der Waals surface area contributed by atoms with Crippen molar-refractivity contribution in [1.82, 2.24) is 4.98 Å². The highest BCUT2D eigenvalue weighted by molar-refractivity contribution is 6.30. The molecule has 0 atom stereocenters. The standard InChI is InChI=1S/C20H29ClN3.BrH/c1-4-5-15-24(2,3)16-14-23(20-8-6-7-13-22-20)17-18-9-11-19(21)12-10-18;/h6-13H,4-5,14-17H2,1-3H3;1H/q+1;/p-1. The Labute approximate surface area is 168 Å². The molecule has 0 saturated carbocycles. The lowest BCUT2D eigenvalue weighted by molar-refractivity contribution is -0.889. The molecule has 0 radical (unpaired) electrons. The molecule has 0 amide bonds. The molecule has 0 bridgehead atoms. The number of halogens is 2. The van der Waals surface area contributed by atoms with Crippen molar-refractivity contribution >= 4 is 17.4 Å². The van der Waals surface area contributed by atoms with Crippen molar-refractivity contribution < 1.29 is 21.5 Å². The summed E-state index contributed by atoms with van der Waals surface area (Å²) in [4.78, 5) is 6.90. The number of rotatable bonds is 9. The van der Waals surface area contributed by atoms with Gasteiger partial charge in [0.15, 0.2) is 0 Å². The fourth-order valence-electron chi connectivity index (χ4n) is 2.71. The first kappa shape index (κ1) is 21.9. The Hall–Kier alpha value is -1.10. The number of benzene rings is 1. The van der Waals surface area contributed by atoms with Gasteiger partial charge in [0.1, 0.15) is 5.82 Å². The van der Waals surface area contributed by atoms with E-state index in [4.69, 9.17) is 11.6 Å². The van der Waals surface area contributed by atoms with Crippen LogP contribution < -0.4 is 21.9 Å². The molecular weight excluding hydrogens is 398 g/mol. The molecular formula is C20H29BrClN3. The first-order valence-corrected chi connectivity index (χ1v) is 9.10. The zero-order valence-corrected chi connectivity index (χ0v) is 17.8. The molecule has 0 spiro atoms. The van der Waals surface area contributed by atoms with Gasteiger partial charge in [0.05, 0.1) is 33.7 Å². The van der Waals surface area contributed by atoms with Crippen LogP contribution in [-0.2, 0) is 6.54 Å². The van der Waals surface area contributed by atoms with E-state index in [-0.39, 0.29) is 17.0 Å². The second kappa shape index (κ2) is 10.8. The summed E-state index contributed by atoms with van der Waals surface area (Å²) in [5.74, 6) is 1.03. The summed E-state index contributed by atoms with van der Waals surface area (Å²) < 4.78 is 1.04. The first-order chi connectivity index (χ1) is 11.5. The largest absolute Gasteiger partial charge is 1.00 e. The van der Waals surface area contributed by atoms with Crippen LogP contribution in [0.4, 0.5) is 5.82 Å². The summed E-state index contributed by atoms with van der Waals surface area (Å²) in [6.07, 6.45) is 4.38. The smallest absolute Gasteiger partial charge is 0.128 e. The van der Waals surface area contributed by atoms with E-state index in [0.29, 0.717) is 0 Å². The quantitative estimate of drug-likeness (QED) is 0.567. The van der Waals surface area contributed by atoms with Gasteiger partial charge in [0.2, 0.25) is 0 Å². The molecule has 0 unspecified atom stereocenters. The van der Waals surface area contributed by atoms with E-state index in [0.717, 1.165) is 35.0 Å². The third-order valence-electron chi connectivity index (χ3n) is 4.35. The Morgan fingerprint density at radius 3 is 2.36 bits per heavy atom. The summed E-state index contributed by atoms with van der Waals surface area (Å²) in [5.41, 5.74) is 1.25. The minimum atomic E-state index is 0. The van der Waals surface area contributed by atoms with Gasteiger partial charge in [-0.15, -0.1) is 0 Å². The summed E-state index contributed by atoms with van der Waals surface area (Å²) in [7, 11) is 4.63. The van der Waals surface area contributed by atoms with Crippen molar-refractivity contribution in [2.24, 2.45) is 0 Å². The van der Waals surface area contributed by atoms with Crippen molar-refractivity contribution in [2.45, 2.75) is 26.3 Å². The number of nitrogens with zero attached hydrogens (tertiary/aromatic N) is 3. The van der Waals surface area contributed by atoms with Crippen LogP contribution in [0.1, 0.15) is 25.3 Å². The SMILES string of the molecule is CCCC[N+](C)(C)CCN(Cc1ccc(Cl)cc1)c1ccccn1.[Br-]. The van der Waals surface area contributed by atoms with Crippen molar-refractivity contribution in [2.75, 3.05) is 38.6 Å². The predicted octanol–water partition coefficient (Wildman–Crippen LogP) is 1.62. The van der Waals surface area contributed by atoms with Crippen molar-refractivity contribution in [3.63, 3.8) is 0 Å². The lowest BCUT2D eigenvalue weighted by Crippen LogP contribution is -3.00. The molecule has 0 fully saturated rings. The molecule has 0 aliphatic carbocycles. The van der Waals surface area contributed by atoms with E-state index in [1.807, 2.05) is 30.5 Å². The van der Waals surface area contributed by atoms with E-state index in [1.54, 1.807) is 0 Å². The van der Waals surface area contributed by atoms with Crippen molar-refractivity contribution in [3.8, 4) is 0 Å². The van der Waals surface area contributed by atoms with E-state index in [2.05, 4.69) is 49.1 Å². The third-order valence-corrected chi connectivity index (χ3v) is 4.60. The van der Waals surface area contributed by atoms with Crippen LogP contribution in [-0.4, -0.2) is 43.2 Å². The van der Waals surface area contributed by atoms with Gasteiger partial charge in [0, 0.05) is 17.8 Å². The number of quaternary nitrogens is 1. The Morgan fingerprint density at radius 2 is 1.76 bits per heavy atom. The van der Waals surface area contributed by atoms with Crippen LogP contribution in [0.3, 0.4) is 0 Å². The molecule has 2 aromatic rings. The number of hydrogen-bond donors (Lipinski definition) is 0. The molecule has 25 heavy (non-hydrogen) atoms. The van der Waals surface area contributed by atoms with Gasteiger partial charge in [-0.1, -0.05) is 43.1 Å². The fraction of sp³-hybridized carbons (Fsp3) is 0.450. The summed E-state index contributed by atoms with van der Waals surface area (Å²) in [6.45, 7) is 6.40. The Kier molecular flexibility index (Phi) is 9.47. The molecule has 2 rings (SSSR count). The molecule has 3 nitrogen and oxygen atoms in total. The highest BCUT2D eigenvalue weighted by Gasteiger charge is 2.17. The average molecular weight is 427 g/mol. The fourth-order valence-corrected chi connectivity index (χ4v) is 2.84. The number of aromatic nitrogens is 1. The molecule has 1 heterocycles. The van der Waals surface area contributed by atoms with Gasteiger partial charge in [0.25, 0.3) is 0 Å². The average Bonchev–Trinajstić information content (AvgIpc) is 2.59. The minimum absolute atomic E-state index is 0. The van der Waals surface area contributed by atoms with Crippen LogP contribution in [0.2, 0.25) is 5.02 Å². The molecule has 0 N–H and O–H groups in total. The van der Waals surface area contributed by atoms with E-state index in [1.165, 1.54) is 24.9 Å².